The van der Waals surface area contributed by atoms with Gasteiger partial charge in [-0.05, 0) is 31.2 Å². The van der Waals surface area contributed by atoms with Crippen LogP contribution in [0.4, 0.5) is 0 Å². The van der Waals surface area contributed by atoms with Gasteiger partial charge in [-0.25, -0.2) is 4.98 Å². The van der Waals surface area contributed by atoms with E-state index in [1.165, 1.54) is 11.8 Å². The molecule has 2 N–H and O–H groups in total. The Balaban J connectivity index is 1.58. The molecule has 1 heterocycles. The van der Waals surface area contributed by atoms with Gasteiger partial charge in [0.15, 0.2) is 5.16 Å². The van der Waals surface area contributed by atoms with Crippen LogP contribution in [0.3, 0.4) is 0 Å². The monoisotopic (exact) mass is 388 g/mol. The normalized spacial score (nSPS) is 10.7. The van der Waals surface area contributed by atoms with E-state index in [4.69, 9.17) is 11.6 Å². The second kappa shape index (κ2) is 8.25. The fourth-order valence-corrected chi connectivity index (χ4v) is 3.57. The number of thioether (sulfide) groups is 1. The molecule has 8 heteroatoms. The number of imidazole rings is 1. The van der Waals surface area contributed by atoms with E-state index >= 15 is 0 Å². The predicted molar refractivity (Wildman–Crippen MR) is 103 cm³/mol. The number of halogens is 1. The molecule has 0 aliphatic rings. The van der Waals surface area contributed by atoms with Crippen LogP contribution in [0, 0.1) is 0 Å². The lowest BCUT2D eigenvalue weighted by Crippen LogP contribution is -2.42. The molecule has 0 aliphatic carbocycles. The second-order valence-electron chi connectivity index (χ2n) is 5.40. The molecular formula is C18H17ClN4O2S. The van der Waals surface area contributed by atoms with Crippen LogP contribution in [-0.4, -0.2) is 27.1 Å². The summed E-state index contributed by atoms with van der Waals surface area (Å²) in [5, 5.41) is 1.09. The number of aromatic nitrogens is 2. The van der Waals surface area contributed by atoms with E-state index in [1.807, 2.05) is 31.2 Å². The van der Waals surface area contributed by atoms with Gasteiger partial charge in [0.25, 0.3) is 5.91 Å². The van der Waals surface area contributed by atoms with Crippen LogP contribution in [0.15, 0.2) is 53.7 Å². The number of nitrogens with one attached hydrogen (secondary N) is 2. The quantitative estimate of drug-likeness (QED) is 0.519. The van der Waals surface area contributed by atoms with Crippen molar-refractivity contribution >= 4 is 46.2 Å². The predicted octanol–water partition coefficient (Wildman–Crippen LogP) is 3.26. The molecule has 26 heavy (non-hydrogen) atoms. The lowest BCUT2D eigenvalue weighted by atomic mass is 10.2. The van der Waals surface area contributed by atoms with E-state index in [-0.39, 0.29) is 11.7 Å². The second-order valence-corrected chi connectivity index (χ2v) is 6.75. The molecule has 134 valence electrons. The van der Waals surface area contributed by atoms with E-state index < -0.39 is 5.91 Å². The van der Waals surface area contributed by atoms with Gasteiger partial charge in [0.2, 0.25) is 5.91 Å². The van der Waals surface area contributed by atoms with E-state index in [2.05, 4.69) is 20.4 Å². The zero-order chi connectivity index (χ0) is 18.5. The first-order valence-corrected chi connectivity index (χ1v) is 9.38. The smallest absolute Gasteiger partial charge is 0.271 e. The minimum atomic E-state index is -0.463. The summed E-state index contributed by atoms with van der Waals surface area (Å²) in [5.41, 5.74) is 6.99. The molecule has 6 nitrogen and oxygen atoms in total. The number of carbonyl (C=O) groups excluding carboxylic acids is 2. The molecule has 3 rings (SSSR count). The Labute approximate surface area is 159 Å². The first-order valence-electron chi connectivity index (χ1n) is 8.02. The number of benzene rings is 2. The lowest BCUT2D eigenvalue weighted by Gasteiger charge is -2.09. The maximum atomic E-state index is 12.0. The summed E-state index contributed by atoms with van der Waals surface area (Å²) < 4.78 is 2.05. The third-order valence-corrected chi connectivity index (χ3v) is 5.01. The SMILES string of the molecule is CCn1c(SCC(=O)NNC(=O)c2ccccc2Cl)nc2ccccc21. The number of hydrogen-bond donors (Lipinski definition) is 2. The first-order chi connectivity index (χ1) is 12.6. The fraction of sp³-hybridized carbons (Fsp3) is 0.167. The van der Waals surface area contributed by atoms with Gasteiger partial charge in [-0.1, -0.05) is 47.6 Å². The third kappa shape index (κ3) is 4.00. The maximum Gasteiger partial charge on any atom is 0.271 e. The number of rotatable bonds is 5. The number of aryl methyl sites for hydroxylation is 1. The number of nitrogens with zero attached hydrogens (tertiary/aromatic N) is 2. The molecule has 0 unspecified atom stereocenters. The first kappa shape index (κ1) is 18.3. The van der Waals surface area contributed by atoms with Gasteiger partial charge in [-0.2, -0.15) is 0 Å². The summed E-state index contributed by atoms with van der Waals surface area (Å²) in [5.74, 6) is -0.661. The van der Waals surface area contributed by atoms with Crippen molar-refractivity contribution < 1.29 is 9.59 Å². The van der Waals surface area contributed by atoms with Crippen molar-refractivity contribution in [3.8, 4) is 0 Å². The average molecular weight is 389 g/mol. The summed E-state index contributed by atoms with van der Waals surface area (Å²) in [6, 6.07) is 14.5. The number of para-hydroxylation sites is 2. The molecule has 0 atom stereocenters. The zero-order valence-electron chi connectivity index (χ0n) is 14.0. The van der Waals surface area contributed by atoms with Crippen LogP contribution >= 0.6 is 23.4 Å². The van der Waals surface area contributed by atoms with Gasteiger partial charge in [0, 0.05) is 6.54 Å². The number of fused-ring (bicyclic) bond motifs is 1. The Kier molecular flexibility index (Phi) is 5.80. The highest BCUT2D eigenvalue weighted by molar-refractivity contribution is 7.99. The minimum absolute atomic E-state index is 0.131. The van der Waals surface area contributed by atoms with Crippen molar-refractivity contribution in [3.63, 3.8) is 0 Å². The van der Waals surface area contributed by atoms with E-state index in [0.29, 0.717) is 10.6 Å². The highest BCUT2D eigenvalue weighted by atomic mass is 35.5. The summed E-state index contributed by atoms with van der Waals surface area (Å²) in [7, 11) is 0. The topological polar surface area (TPSA) is 76.0 Å². The summed E-state index contributed by atoms with van der Waals surface area (Å²) in [6.45, 7) is 2.79. The Hall–Kier alpha value is -2.51. The van der Waals surface area contributed by atoms with Crippen molar-refractivity contribution in [2.24, 2.45) is 0 Å². The fourth-order valence-electron chi connectivity index (χ4n) is 2.47. The standard InChI is InChI=1S/C18H17ClN4O2S/c1-2-23-15-10-6-5-9-14(15)20-18(23)26-11-16(24)21-22-17(25)12-7-3-4-8-13(12)19/h3-10H,2,11H2,1H3,(H,21,24)(H,22,25). The van der Waals surface area contributed by atoms with Crippen molar-refractivity contribution in [2.75, 3.05) is 5.75 Å². The van der Waals surface area contributed by atoms with Gasteiger partial charge >= 0.3 is 0 Å². The summed E-state index contributed by atoms with van der Waals surface area (Å²) in [4.78, 5) is 28.6. The van der Waals surface area contributed by atoms with Gasteiger partial charge in [-0.15, -0.1) is 0 Å². The number of hydrazine groups is 1. The van der Waals surface area contributed by atoms with E-state index in [0.717, 1.165) is 22.7 Å². The lowest BCUT2D eigenvalue weighted by molar-refractivity contribution is -0.119. The molecular weight excluding hydrogens is 372 g/mol. The number of hydrogen-bond acceptors (Lipinski definition) is 4. The van der Waals surface area contributed by atoms with Gasteiger partial charge in [-0.3, -0.25) is 20.4 Å². The largest absolute Gasteiger partial charge is 0.319 e. The van der Waals surface area contributed by atoms with Crippen LogP contribution in [-0.2, 0) is 11.3 Å². The highest BCUT2D eigenvalue weighted by Gasteiger charge is 2.13. The van der Waals surface area contributed by atoms with Crippen LogP contribution < -0.4 is 10.9 Å². The molecule has 3 aromatic rings. The van der Waals surface area contributed by atoms with Crippen molar-refractivity contribution in [1.29, 1.82) is 0 Å². The molecule has 0 saturated carbocycles. The molecule has 2 aromatic carbocycles. The van der Waals surface area contributed by atoms with E-state index in [9.17, 15) is 9.59 Å². The molecule has 0 spiro atoms. The van der Waals surface area contributed by atoms with Gasteiger partial charge < -0.3 is 4.57 Å². The van der Waals surface area contributed by atoms with Crippen LogP contribution in [0.2, 0.25) is 5.02 Å². The van der Waals surface area contributed by atoms with Gasteiger partial charge in [0.1, 0.15) is 0 Å². The Bertz CT molecular complexity index is 957. The molecule has 0 bridgehead atoms. The molecule has 0 saturated heterocycles. The van der Waals surface area contributed by atoms with Crippen molar-refractivity contribution in [1.82, 2.24) is 20.4 Å². The number of amides is 2. The molecule has 0 fully saturated rings. The van der Waals surface area contributed by atoms with Crippen LogP contribution in [0.5, 0.6) is 0 Å². The van der Waals surface area contributed by atoms with Gasteiger partial charge in [0.05, 0.1) is 27.4 Å². The van der Waals surface area contributed by atoms with Crippen molar-refractivity contribution in [2.45, 2.75) is 18.6 Å². The maximum absolute atomic E-state index is 12.0. The summed E-state index contributed by atoms with van der Waals surface area (Å²) >= 11 is 7.28. The Morgan fingerprint density at radius 2 is 1.85 bits per heavy atom. The third-order valence-electron chi connectivity index (χ3n) is 3.70. The Morgan fingerprint density at radius 1 is 1.12 bits per heavy atom. The Morgan fingerprint density at radius 3 is 2.62 bits per heavy atom. The van der Waals surface area contributed by atoms with Crippen LogP contribution in [0.25, 0.3) is 11.0 Å². The minimum Gasteiger partial charge on any atom is -0.319 e. The number of carbonyl (C=O) groups is 2. The zero-order valence-corrected chi connectivity index (χ0v) is 15.6. The molecule has 0 aliphatic heterocycles. The molecule has 2 amide bonds. The molecule has 0 radical (unpaired) electrons. The van der Waals surface area contributed by atoms with Crippen LogP contribution in [0.1, 0.15) is 17.3 Å². The highest BCUT2D eigenvalue weighted by Crippen LogP contribution is 2.23. The average Bonchev–Trinajstić information content (AvgIpc) is 3.02. The van der Waals surface area contributed by atoms with E-state index in [1.54, 1.807) is 24.3 Å². The van der Waals surface area contributed by atoms with Crippen molar-refractivity contribution in [3.05, 3.63) is 59.1 Å². The molecule has 1 aromatic heterocycles. The summed E-state index contributed by atoms with van der Waals surface area (Å²) in [6.07, 6.45) is 0.